The van der Waals surface area contributed by atoms with E-state index in [1.54, 1.807) is 0 Å². The van der Waals surface area contributed by atoms with Crippen LogP contribution < -0.4 is 0 Å². The van der Waals surface area contributed by atoms with Crippen molar-refractivity contribution in [3.63, 3.8) is 0 Å². The second kappa shape index (κ2) is 5.97. The highest BCUT2D eigenvalue weighted by atomic mass is 16.5. The molecule has 1 fully saturated rings. The Labute approximate surface area is 97.4 Å². The van der Waals surface area contributed by atoms with Gasteiger partial charge in [0, 0.05) is 25.9 Å². The smallest absolute Gasteiger partial charge is 0.0702 e. The minimum Gasteiger partial charge on any atom is -0.377 e. The average Bonchev–Trinajstić information content (AvgIpc) is 2.82. The predicted molar refractivity (Wildman–Crippen MR) is 64.2 cm³/mol. The molecular formula is C13H20N2O. The van der Waals surface area contributed by atoms with Gasteiger partial charge in [0.2, 0.25) is 0 Å². The van der Waals surface area contributed by atoms with Crippen LogP contribution >= 0.6 is 0 Å². The second-order valence-corrected chi connectivity index (χ2v) is 4.28. The molecule has 2 heterocycles. The van der Waals surface area contributed by atoms with Crippen molar-refractivity contribution in [2.24, 2.45) is 0 Å². The fourth-order valence-electron chi connectivity index (χ4n) is 2.10. The highest BCUT2D eigenvalue weighted by Gasteiger charge is 2.18. The lowest BCUT2D eigenvalue weighted by molar-refractivity contribution is 0.0721. The SMILES string of the molecule is CCN(Cc1ccccn1)CC1CCCO1. The molecule has 0 N–H and O–H groups in total. The van der Waals surface area contributed by atoms with Gasteiger partial charge in [-0.25, -0.2) is 0 Å². The summed E-state index contributed by atoms with van der Waals surface area (Å²) in [5.74, 6) is 0. The van der Waals surface area contributed by atoms with Gasteiger partial charge in [0.1, 0.15) is 0 Å². The molecule has 0 aromatic carbocycles. The fourth-order valence-corrected chi connectivity index (χ4v) is 2.10. The Bertz CT molecular complexity index is 296. The molecule has 0 spiro atoms. The molecule has 1 aliphatic rings. The van der Waals surface area contributed by atoms with Gasteiger partial charge in [0.05, 0.1) is 11.8 Å². The first-order valence-corrected chi connectivity index (χ1v) is 6.12. The largest absolute Gasteiger partial charge is 0.377 e. The molecule has 0 radical (unpaired) electrons. The van der Waals surface area contributed by atoms with Crippen molar-refractivity contribution in [3.8, 4) is 0 Å². The van der Waals surface area contributed by atoms with Crippen molar-refractivity contribution >= 4 is 0 Å². The molecular weight excluding hydrogens is 200 g/mol. The predicted octanol–water partition coefficient (Wildman–Crippen LogP) is 2.08. The molecule has 1 aromatic rings. The lowest BCUT2D eigenvalue weighted by Crippen LogP contribution is -2.31. The molecule has 0 aliphatic carbocycles. The van der Waals surface area contributed by atoms with Crippen LogP contribution in [0.15, 0.2) is 24.4 Å². The third-order valence-electron chi connectivity index (χ3n) is 3.04. The summed E-state index contributed by atoms with van der Waals surface area (Å²) in [4.78, 5) is 6.76. The van der Waals surface area contributed by atoms with Crippen molar-refractivity contribution < 1.29 is 4.74 Å². The van der Waals surface area contributed by atoms with E-state index in [0.717, 1.165) is 31.9 Å². The van der Waals surface area contributed by atoms with Crippen molar-refractivity contribution in [1.82, 2.24) is 9.88 Å². The second-order valence-electron chi connectivity index (χ2n) is 4.28. The molecule has 16 heavy (non-hydrogen) atoms. The first-order chi connectivity index (χ1) is 7.88. The van der Waals surface area contributed by atoms with Crippen LogP contribution in [0.4, 0.5) is 0 Å². The number of pyridine rings is 1. The summed E-state index contributed by atoms with van der Waals surface area (Å²) in [7, 11) is 0. The third kappa shape index (κ3) is 3.29. The number of rotatable bonds is 5. The highest BCUT2D eigenvalue weighted by Crippen LogP contribution is 2.14. The number of hydrogen-bond acceptors (Lipinski definition) is 3. The van der Waals surface area contributed by atoms with Gasteiger partial charge in [0.25, 0.3) is 0 Å². The molecule has 0 saturated carbocycles. The van der Waals surface area contributed by atoms with Crippen LogP contribution in [0.3, 0.4) is 0 Å². The van der Waals surface area contributed by atoms with Gasteiger partial charge >= 0.3 is 0 Å². The molecule has 0 amide bonds. The van der Waals surface area contributed by atoms with Crippen molar-refractivity contribution in [2.45, 2.75) is 32.4 Å². The van der Waals surface area contributed by atoms with Crippen LogP contribution in [0.25, 0.3) is 0 Å². The lowest BCUT2D eigenvalue weighted by atomic mass is 10.2. The van der Waals surface area contributed by atoms with Crippen molar-refractivity contribution in [1.29, 1.82) is 0 Å². The summed E-state index contributed by atoms with van der Waals surface area (Å²) in [6.45, 7) is 6.14. The van der Waals surface area contributed by atoms with Gasteiger partial charge in [-0.15, -0.1) is 0 Å². The van der Waals surface area contributed by atoms with Crippen molar-refractivity contribution in [2.75, 3.05) is 19.7 Å². The number of aromatic nitrogens is 1. The van der Waals surface area contributed by atoms with Crippen LogP contribution in [0.5, 0.6) is 0 Å². The summed E-state index contributed by atoms with van der Waals surface area (Å²) >= 11 is 0. The number of ether oxygens (including phenoxy) is 1. The monoisotopic (exact) mass is 220 g/mol. The molecule has 1 aliphatic heterocycles. The van der Waals surface area contributed by atoms with E-state index >= 15 is 0 Å². The van der Waals surface area contributed by atoms with Gasteiger partial charge in [-0.3, -0.25) is 9.88 Å². The van der Waals surface area contributed by atoms with Gasteiger partial charge < -0.3 is 4.74 Å². The van der Waals surface area contributed by atoms with Gasteiger partial charge in [-0.05, 0) is 31.5 Å². The average molecular weight is 220 g/mol. The maximum Gasteiger partial charge on any atom is 0.0702 e. The van der Waals surface area contributed by atoms with E-state index in [4.69, 9.17) is 4.74 Å². The quantitative estimate of drug-likeness (QED) is 0.759. The molecule has 3 nitrogen and oxygen atoms in total. The molecule has 0 bridgehead atoms. The van der Waals surface area contributed by atoms with Crippen LogP contribution in [0, 0.1) is 0 Å². The normalized spacial score (nSPS) is 20.5. The van der Waals surface area contributed by atoms with E-state index in [0.29, 0.717) is 6.10 Å². The van der Waals surface area contributed by atoms with E-state index in [2.05, 4.69) is 22.9 Å². The molecule has 1 aromatic heterocycles. The Hall–Kier alpha value is -0.930. The zero-order valence-corrected chi connectivity index (χ0v) is 9.93. The summed E-state index contributed by atoms with van der Waals surface area (Å²) in [6, 6.07) is 6.08. The number of nitrogens with zero attached hydrogens (tertiary/aromatic N) is 2. The van der Waals surface area contributed by atoms with Crippen LogP contribution in [0.2, 0.25) is 0 Å². The van der Waals surface area contributed by atoms with E-state index in [9.17, 15) is 0 Å². The Morgan fingerprint density at radius 3 is 3.06 bits per heavy atom. The fraction of sp³-hybridized carbons (Fsp3) is 0.615. The third-order valence-corrected chi connectivity index (χ3v) is 3.04. The van der Waals surface area contributed by atoms with Gasteiger partial charge in [-0.2, -0.15) is 0 Å². The Kier molecular flexibility index (Phi) is 4.31. The zero-order valence-electron chi connectivity index (χ0n) is 9.93. The van der Waals surface area contributed by atoms with Crippen molar-refractivity contribution in [3.05, 3.63) is 30.1 Å². The molecule has 88 valence electrons. The van der Waals surface area contributed by atoms with E-state index in [1.807, 2.05) is 18.3 Å². The first-order valence-electron chi connectivity index (χ1n) is 6.12. The minimum atomic E-state index is 0.434. The molecule has 1 unspecified atom stereocenters. The van der Waals surface area contributed by atoms with Crippen LogP contribution in [0.1, 0.15) is 25.5 Å². The van der Waals surface area contributed by atoms with Crippen LogP contribution in [-0.2, 0) is 11.3 Å². The standard InChI is InChI=1S/C13H20N2O/c1-2-15(11-13-7-5-9-16-13)10-12-6-3-4-8-14-12/h3-4,6,8,13H,2,5,7,9-11H2,1H3. The summed E-state index contributed by atoms with van der Waals surface area (Å²) in [5.41, 5.74) is 1.14. The Morgan fingerprint density at radius 1 is 1.50 bits per heavy atom. The Balaban J connectivity index is 1.85. The van der Waals surface area contributed by atoms with Gasteiger partial charge in [-0.1, -0.05) is 13.0 Å². The molecule has 1 atom stereocenters. The zero-order chi connectivity index (χ0) is 11.2. The van der Waals surface area contributed by atoms with E-state index in [-0.39, 0.29) is 0 Å². The minimum absolute atomic E-state index is 0.434. The first kappa shape index (κ1) is 11.6. The maximum absolute atomic E-state index is 5.66. The lowest BCUT2D eigenvalue weighted by Gasteiger charge is -2.23. The Morgan fingerprint density at radius 2 is 2.44 bits per heavy atom. The maximum atomic E-state index is 5.66. The molecule has 2 rings (SSSR count). The molecule has 3 heteroatoms. The molecule has 1 saturated heterocycles. The van der Waals surface area contributed by atoms with E-state index in [1.165, 1.54) is 12.8 Å². The summed E-state index contributed by atoms with van der Waals surface area (Å²) < 4.78 is 5.66. The summed E-state index contributed by atoms with van der Waals surface area (Å²) in [5, 5.41) is 0. The highest BCUT2D eigenvalue weighted by molar-refractivity contribution is 5.03. The summed E-state index contributed by atoms with van der Waals surface area (Å²) in [6.07, 6.45) is 4.71. The van der Waals surface area contributed by atoms with Gasteiger partial charge in [0.15, 0.2) is 0 Å². The van der Waals surface area contributed by atoms with Crippen LogP contribution in [-0.4, -0.2) is 35.7 Å². The number of hydrogen-bond donors (Lipinski definition) is 0. The van der Waals surface area contributed by atoms with E-state index < -0.39 is 0 Å². The number of likely N-dealkylation sites (N-methyl/N-ethyl adjacent to an activating group) is 1. The topological polar surface area (TPSA) is 25.4 Å².